The highest BCUT2D eigenvalue weighted by Gasteiger charge is 2.06. The molecule has 0 amide bonds. The van der Waals surface area contributed by atoms with Crippen molar-refractivity contribution in [3.63, 3.8) is 0 Å². The van der Waals surface area contributed by atoms with Crippen LogP contribution in [0.5, 0.6) is 11.5 Å². The summed E-state index contributed by atoms with van der Waals surface area (Å²) >= 11 is 0. The normalized spacial score (nSPS) is 9.87. The molecule has 15 heavy (non-hydrogen) atoms. The van der Waals surface area contributed by atoms with Gasteiger partial charge in [-0.1, -0.05) is 0 Å². The van der Waals surface area contributed by atoms with Gasteiger partial charge in [0, 0.05) is 0 Å². The molecule has 0 unspecified atom stereocenters. The molecule has 80 valence electrons. The van der Waals surface area contributed by atoms with Crippen molar-refractivity contribution in [3.05, 3.63) is 23.8 Å². The molecule has 0 heterocycles. The number of hydrogen-bond acceptors (Lipinski definition) is 4. The molecule has 5 heteroatoms. The molecule has 0 aromatic heterocycles. The molecular weight excluding hydrogens is 195 g/mol. The molecule has 0 atom stereocenters. The van der Waals surface area contributed by atoms with Gasteiger partial charge in [-0.05, 0) is 32.0 Å². The Kier molecular flexibility index (Phi) is 4.18. The quantitative estimate of drug-likeness (QED) is 0.577. The van der Waals surface area contributed by atoms with E-state index >= 15 is 0 Å². The van der Waals surface area contributed by atoms with E-state index in [-0.39, 0.29) is 6.10 Å². The number of hydrogen-bond donors (Lipinski definition) is 1. The van der Waals surface area contributed by atoms with Gasteiger partial charge in [-0.15, -0.1) is 0 Å². The maximum atomic E-state index is 10.8. The molecule has 0 bridgehead atoms. The third-order valence-electron chi connectivity index (χ3n) is 1.70. The largest absolute Gasteiger partial charge is 0.539 e. The van der Waals surface area contributed by atoms with E-state index in [0.717, 1.165) is 0 Å². The zero-order valence-electron chi connectivity index (χ0n) is 8.77. The summed E-state index contributed by atoms with van der Waals surface area (Å²) in [5.74, 6) is 0.959. The topological polar surface area (TPSA) is 55.8 Å². The molecule has 1 rings (SSSR count). The SMILES string of the molecule is CC(C)Oc1ccc(OBO)cc1C=O. The Labute approximate surface area is 89.1 Å². The van der Waals surface area contributed by atoms with Gasteiger partial charge in [0.05, 0.1) is 11.7 Å². The molecule has 0 saturated carbocycles. The predicted octanol–water partition coefficient (Wildman–Crippen LogP) is 0.924. The van der Waals surface area contributed by atoms with Crippen molar-refractivity contribution in [1.29, 1.82) is 0 Å². The Balaban J connectivity index is 2.93. The second-order valence-electron chi connectivity index (χ2n) is 3.26. The summed E-state index contributed by atoms with van der Waals surface area (Å²) in [7, 11) is -0.414. The van der Waals surface area contributed by atoms with Gasteiger partial charge in [0.2, 0.25) is 0 Å². The van der Waals surface area contributed by atoms with Crippen molar-refractivity contribution in [2.75, 3.05) is 0 Å². The smallest absolute Gasteiger partial charge is 0.504 e. The Bertz CT molecular complexity index is 338. The van der Waals surface area contributed by atoms with Crippen LogP contribution >= 0.6 is 0 Å². The van der Waals surface area contributed by atoms with Crippen LogP contribution in [0, 0.1) is 0 Å². The fourth-order valence-corrected chi connectivity index (χ4v) is 1.14. The van der Waals surface area contributed by atoms with Gasteiger partial charge in [-0.3, -0.25) is 4.79 Å². The van der Waals surface area contributed by atoms with Gasteiger partial charge >= 0.3 is 7.69 Å². The molecule has 0 aliphatic rings. The molecule has 0 radical (unpaired) electrons. The molecule has 1 N–H and O–H groups in total. The summed E-state index contributed by atoms with van der Waals surface area (Å²) in [6.07, 6.45) is 0.704. The lowest BCUT2D eigenvalue weighted by Crippen LogP contribution is -2.08. The van der Waals surface area contributed by atoms with E-state index in [0.29, 0.717) is 23.3 Å². The molecule has 0 fully saturated rings. The Morgan fingerprint density at radius 2 is 2.20 bits per heavy atom. The van der Waals surface area contributed by atoms with Crippen molar-refractivity contribution in [3.8, 4) is 11.5 Å². The van der Waals surface area contributed by atoms with E-state index in [1.807, 2.05) is 13.8 Å². The van der Waals surface area contributed by atoms with Gasteiger partial charge in [0.25, 0.3) is 0 Å². The van der Waals surface area contributed by atoms with Crippen LogP contribution in [0.15, 0.2) is 18.2 Å². The van der Waals surface area contributed by atoms with Gasteiger partial charge in [-0.25, -0.2) is 0 Å². The first-order chi connectivity index (χ1) is 7.17. The van der Waals surface area contributed by atoms with E-state index in [2.05, 4.69) is 0 Å². The number of rotatable bonds is 5. The lowest BCUT2D eigenvalue weighted by molar-refractivity contribution is 0.111. The standard InChI is InChI=1S/C10H13BO4/c1-7(2)14-10-4-3-9(15-11-13)5-8(10)6-12/h3-7,11,13H,1-2H3. The average molecular weight is 208 g/mol. The van der Waals surface area contributed by atoms with Crippen LogP contribution in [0.2, 0.25) is 0 Å². The Hall–Kier alpha value is -1.49. The van der Waals surface area contributed by atoms with Crippen LogP contribution in [-0.2, 0) is 0 Å². The predicted molar refractivity (Wildman–Crippen MR) is 57.6 cm³/mol. The summed E-state index contributed by atoms with van der Waals surface area (Å²) in [5.41, 5.74) is 0.412. The third-order valence-corrected chi connectivity index (χ3v) is 1.70. The van der Waals surface area contributed by atoms with Crippen LogP contribution in [0.25, 0.3) is 0 Å². The molecule has 0 spiro atoms. The Morgan fingerprint density at radius 3 is 2.73 bits per heavy atom. The maximum absolute atomic E-state index is 10.8. The highest BCUT2D eigenvalue weighted by Crippen LogP contribution is 2.23. The van der Waals surface area contributed by atoms with Gasteiger partial charge < -0.3 is 14.4 Å². The second-order valence-corrected chi connectivity index (χ2v) is 3.26. The number of ether oxygens (including phenoxy) is 1. The van der Waals surface area contributed by atoms with Crippen molar-refractivity contribution >= 4 is 14.0 Å². The monoisotopic (exact) mass is 208 g/mol. The molecule has 0 aliphatic carbocycles. The molecule has 1 aromatic rings. The van der Waals surface area contributed by atoms with Crippen LogP contribution in [-0.4, -0.2) is 25.1 Å². The number of aldehydes is 1. The lowest BCUT2D eigenvalue weighted by Gasteiger charge is -2.12. The van der Waals surface area contributed by atoms with Crippen molar-refractivity contribution in [1.82, 2.24) is 0 Å². The van der Waals surface area contributed by atoms with Crippen LogP contribution < -0.4 is 9.39 Å². The zero-order chi connectivity index (χ0) is 11.3. The van der Waals surface area contributed by atoms with Gasteiger partial charge in [-0.2, -0.15) is 0 Å². The maximum Gasteiger partial charge on any atom is 0.504 e. The number of benzene rings is 1. The van der Waals surface area contributed by atoms with Crippen molar-refractivity contribution in [2.45, 2.75) is 20.0 Å². The zero-order valence-corrected chi connectivity index (χ0v) is 8.77. The summed E-state index contributed by atoms with van der Waals surface area (Å²) in [4.78, 5) is 10.8. The van der Waals surface area contributed by atoms with E-state index < -0.39 is 7.69 Å². The minimum atomic E-state index is -0.414. The van der Waals surface area contributed by atoms with Crippen molar-refractivity contribution < 1.29 is 19.2 Å². The fourth-order valence-electron chi connectivity index (χ4n) is 1.14. The first kappa shape index (κ1) is 11.6. The van der Waals surface area contributed by atoms with E-state index in [9.17, 15) is 4.79 Å². The second kappa shape index (κ2) is 5.41. The summed E-state index contributed by atoms with van der Waals surface area (Å²) in [6, 6.07) is 4.82. The summed E-state index contributed by atoms with van der Waals surface area (Å²) in [5, 5.41) is 8.56. The van der Waals surface area contributed by atoms with Gasteiger partial charge in [0.15, 0.2) is 6.29 Å². The molecule has 0 aliphatic heterocycles. The van der Waals surface area contributed by atoms with Crippen LogP contribution in [0.3, 0.4) is 0 Å². The molecular formula is C10H13BO4. The van der Waals surface area contributed by atoms with Gasteiger partial charge in [0.1, 0.15) is 11.5 Å². The molecule has 4 nitrogen and oxygen atoms in total. The lowest BCUT2D eigenvalue weighted by atomic mass is 10.2. The van der Waals surface area contributed by atoms with Crippen LogP contribution in [0.4, 0.5) is 0 Å². The number of carbonyl (C=O) groups is 1. The average Bonchev–Trinajstić information content (AvgIpc) is 2.20. The Morgan fingerprint density at radius 1 is 1.47 bits per heavy atom. The number of carbonyl (C=O) groups excluding carboxylic acids is 1. The third kappa shape index (κ3) is 3.29. The highest BCUT2D eigenvalue weighted by molar-refractivity contribution is 6.17. The van der Waals surface area contributed by atoms with E-state index in [1.165, 1.54) is 6.07 Å². The molecule has 0 saturated heterocycles. The summed E-state index contributed by atoms with van der Waals surface area (Å²) in [6.45, 7) is 3.76. The fraction of sp³-hybridized carbons (Fsp3) is 0.300. The first-order valence-electron chi connectivity index (χ1n) is 4.67. The highest BCUT2D eigenvalue weighted by atomic mass is 16.5. The molecule has 1 aromatic carbocycles. The van der Waals surface area contributed by atoms with Crippen LogP contribution in [0.1, 0.15) is 24.2 Å². The first-order valence-corrected chi connectivity index (χ1v) is 4.67. The minimum Gasteiger partial charge on any atom is -0.539 e. The van der Waals surface area contributed by atoms with E-state index in [4.69, 9.17) is 14.4 Å². The summed E-state index contributed by atoms with van der Waals surface area (Å²) < 4.78 is 10.3. The van der Waals surface area contributed by atoms with E-state index in [1.54, 1.807) is 12.1 Å². The van der Waals surface area contributed by atoms with Crippen molar-refractivity contribution in [2.24, 2.45) is 0 Å². The minimum absolute atomic E-state index is 0.00769.